The Balaban J connectivity index is 0.00000280. The maximum absolute atomic E-state index is 5.97. The Labute approximate surface area is 184 Å². The highest BCUT2D eigenvalue weighted by molar-refractivity contribution is 14.0. The molecule has 0 aromatic carbocycles. The van der Waals surface area contributed by atoms with Crippen LogP contribution in [-0.4, -0.2) is 84.4 Å². The molecular weight excluding hydrogens is 475 g/mol. The summed E-state index contributed by atoms with van der Waals surface area (Å²) in [7, 11) is 3.69. The van der Waals surface area contributed by atoms with E-state index in [1.165, 1.54) is 0 Å². The minimum atomic E-state index is 0. The zero-order valence-electron chi connectivity index (χ0n) is 17.1. The maximum atomic E-state index is 5.97. The Morgan fingerprint density at radius 2 is 2.11 bits per heavy atom. The Bertz CT molecular complexity index is 620. The molecular formula is C18H33IN6O3. The second-order valence-electron chi connectivity index (χ2n) is 7.04. The molecule has 2 aliphatic rings. The number of aromatic nitrogens is 3. The van der Waals surface area contributed by atoms with Gasteiger partial charge in [0.2, 0.25) is 0 Å². The predicted octanol–water partition coefficient (Wildman–Crippen LogP) is 1.10. The molecule has 2 unspecified atom stereocenters. The maximum Gasteiger partial charge on any atom is 0.194 e. The first kappa shape index (κ1) is 23.3. The summed E-state index contributed by atoms with van der Waals surface area (Å²) in [6.07, 6.45) is 3.42. The molecule has 0 bridgehead atoms. The van der Waals surface area contributed by atoms with Crippen LogP contribution in [0.25, 0.3) is 0 Å². The van der Waals surface area contributed by atoms with Gasteiger partial charge in [-0.2, -0.15) is 0 Å². The van der Waals surface area contributed by atoms with E-state index in [-0.39, 0.29) is 36.2 Å². The molecule has 2 saturated heterocycles. The average molecular weight is 508 g/mol. The van der Waals surface area contributed by atoms with Crippen molar-refractivity contribution in [3.8, 4) is 0 Å². The van der Waals surface area contributed by atoms with Crippen LogP contribution < -0.4 is 5.32 Å². The molecule has 160 valence electrons. The van der Waals surface area contributed by atoms with Crippen molar-refractivity contribution in [2.75, 3.05) is 46.6 Å². The molecule has 2 fully saturated rings. The fourth-order valence-corrected chi connectivity index (χ4v) is 3.41. The van der Waals surface area contributed by atoms with Gasteiger partial charge in [0.1, 0.15) is 18.5 Å². The summed E-state index contributed by atoms with van der Waals surface area (Å²) in [5.74, 6) is 2.63. The number of nitrogens with one attached hydrogen (secondary N) is 1. The summed E-state index contributed by atoms with van der Waals surface area (Å²) in [4.78, 5) is 7.09. The van der Waals surface area contributed by atoms with E-state index >= 15 is 0 Å². The van der Waals surface area contributed by atoms with Crippen molar-refractivity contribution in [3.63, 3.8) is 0 Å². The van der Waals surface area contributed by atoms with E-state index in [4.69, 9.17) is 19.2 Å². The smallest absolute Gasteiger partial charge is 0.194 e. The lowest BCUT2D eigenvalue weighted by molar-refractivity contribution is -0.0817. The molecule has 3 rings (SSSR count). The molecule has 0 amide bonds. The Kier molecular flexibility index (Phi) is 9.89. The van der Waals surface area contributed by atoms with Gasteiger partial charge in [0.25, 0.3) is 0 Å². The van der Waals surface area contributed by atoms with Gasteiger partial charge in [-0.05, 0) is 26.2 Å². The standard InChI is InChI=1S/C18H32N6O3.HI/c1-14-21-22-17(23(14)2)12-20-18(19-7-5-9-25-3)24-8-11-27-16(13-24)15-6-4-10-26-15;/h15-16H,4-13H2,1-3H3,(H,19,20);1H. The molecule has 1 aromatic rings. The van der Waals surface area contributed by atoms with Crippen molar-refractivity contribution in [1.29, 1.82) is 0 Å². The highest BCUT2D eigenvalue weighted by atomic mass is 127. The van der Waals surface area contributed by atoms with Crippen LogP contribution in [-0.2, 0) is 27.8 Å². The number of hydrogen-bond acceptors (Lipinski definition) is 6. The average Bonchev–Trinajstić information content (AvgIpc) is 3.33. The van der Waals surface area contributed by atoms with E-state index in [1.807, 2.05) is 18.5 Å². The zero-order valence-corrected chi connectivity index (χ0v) is 19.4. The number of rotatable bonds is 7. The van der Waals surface area contributed by atoms with Crippen molar-refractivity contribution < 1.29 is 14.2 Å². The molecule has 0 saturated carbocycles. The van der Waals surface area contributed by atoms with Crippen LogP contribution in [0.1, 0.15) is 30.9 Å². The molecule has 1 N–H and O–H groups in total. The van der Waals surface area contributed by atoms with Crippen LogP contribution >= 0.6 is 24.0 Å². The van der Waals surface area contributed by atoms with E-state index in [0.717, 1.165) is 69.7 Å². The largest absolute Gasteiger partial charge is 0.385 e. The molecule has 28 heavy (non-hydrogen) atoms. The minimum absolute atomic E-state index is 0. The minimum Gasteiger partial charge on any atom is -0.385 e. The van der Waals surface area contributed by atoms with Gasteiger partial charge in [-0.15, -0.1) is 34.2 Å². The van der Waals surface area contributed by atoms with Crippen LogP contribution in [0.3, 0.4) is 0 Å². The molecule has 1 aromatic heterocycles. The van der Waals surface area contributed by atoms with E-state index in [1.54, 1.807) is 7.11 Å². The number of aryl methyl sites for hydroxylation is 1. The second-order valence-corrected chi connectivity index (χ2v) is 7.04. The number of guanidine groups is 1. The normalized spacial score (nSPS) is 23.0. The van der Waals surface area contributed by atoms with Gasteiger partial charge in [-0.1, -0.05) is 0 Å². The van der Waals surface area contributed by atoms with Gasteiger partial charge >= 0.3 is 0 Å². The number of aliphatic imine (C=N–C) groups is 1. The van der Waals surface area contributed by atoms with Crippen LogP contribution in [0.5, 0.6) is 0 Å². The lowest BCUT2D eigenvalue weighted by Gasteiger charge is -2.37. The highest BCUT2D eigenvalue weighted by Gasteiger charge is 2.32. The zero-order chi connectivity index (χ0) is 19.1. The Morgan fingerprint density at radius 1 is 1.29 bits per heavy atom. The summed E-state index contributed by atoms with van der Waals surface area (Å²) in [6.45, 7) is 7.11. The van der Waals surface area contributed by atoms with Crippen LogP contribution in [0.15, 0.2) is 4.99 Å². The van der Waals surface area contributed by atoms with Crippen molar-refractivity contribution >= 4 is 29.9 Å². The number of nitrogens with zero attached hydrogens (tertiary/aromatic N) is 5. The summed E-state index contributed by atoms with van der Waals surface area (Å²) >= 11 is 0. The van der Waals surface area contributed by atoms with Gasteiger partial charge < -0.3 is 29.0 Å². The monoisotopic (exact) mass is 508 g/mol. The SMILES string of the molecule is COCCCNC(=NCc1nnc(C)n1C)N1CCOC(C2CCCO2)C1.I. The fraction of sp³-hybridized carbons (Fsp3) is 0.833. The lowest BCUT2D eigenvalue weighted by Crippen LogP contribution is -2.53. The molecule has 2 aliphatic heterocycles. The number of morpholine rings is 1. The molecule has 2 atom stereocenters. The highest BCUT2D eigenvalue weighted by Crippen LogP contribution is 2.21. The third kappa shape index (κ3) is 6.26. The van der Waals surface area contributed by atoms with E-state index in [0.29, 0.717) is 13.2 Å². The molecule has 3 heterocycles. The summed E-state index contributed by atoms with van der Waals surface area (Å²) in [5, 5.41) is 11.8. The van der Waals surface area contributed by atoms with E-state index in [9.17, 15) is 0 Å². The predicted molar refractivity (Wildman–Crippen MR) is 117 cm³/mol. The summed E-state index contributed by atoms with van der Waals surface area (Å²) < 4.78 is 18.9. The number of hydrogen-bond donors (Lipinski definition) is 1. The first-order chi connectivity index (χ1) is 13.2. The van der Waals surface area contributed by atoms with Gasteiger partial charge in [-0.3, -0.25) is 0 Å². The van der Waals surface area contributed by atoms with Gasteiger partial charge in [0.05, 0.1) is 12.7 Å². The molecule has 0 radical (unpaired) electrons. The third-order valence-corrected chi connectivity index (χ3v) is 5.13. The van der Waals surface area contributed by atoms with E-state index in [2.05, 4.69) is 20.4 Å². The van der Waals surface area contributed by atoms with Gasteiger partial charge in [0, 0.05) is 47.0 Å². The van der Waals surface area contributed by atoms with Gasteiger partial charge in [-0.25, -0.2) is 4.99 Å². The van der Waals surface area contributed by atoms with Crippen molar-refractivity contribution in [1.82, 2.24) is 25.0 Å². The third-order valence-electron chi connectivity index (χ3n) is 5.13. The quantitative estimate of drug-likeness (QED) is 0.256. The number of methoxy groups -OCH3 is 1. The second kappa shape index (κ2) is 11.9. The fourth-order valence-electron chi connectivity index (χ4n) is 3.41. The molecule has 10 heteroatoms. The van der Waals surface area contributed by atoms with Crippen LogP contribution in [0.4, 0.5) is 0 Å². The van der Waals surface area contributed by atoms with Crippen LogP contribution in [0, 0.1) is 6.92 Å². The van der Waals surface area contributed by atoms with Crippen LogP contribution in [0.2, 0.25) is 0 Å². The first-order valence-corrected chi connectivity index (χ1v) is 9.79. The molecule has 0 spiro atoms. The lowest BCUT2D eigenvalue weighted by atomic mass is 10.1. The van der Waals surface area contributed by atoms with Crippen molar-refractivity contribution in [3.05, 3.63) is 11.6 Å². The Morgan fingerprint density at radius 3 is 2.79 bits per heavy atom. The van der Waals surface area contributed by atoms with Crippen molar-refractivity contribution in [2.45, 2.75) is 44.9 Å². The van der Waals surface area contributed by atoms with Gasteiger partial charge in [0.15, 0.2) is 11.8 Å². The van der Waals surface area contributed by atoms with E-state index < -0.39 is 0 Å². The summed E-state index contributed by atoms with van der Waals surface area (Å²) in [6, 6.07) is 0. The molecule has 9 nitrogen and oxygen atoms in total. The summed E-state index contributed by atoms with van der Waals surface area (Å²) in [5.41, 5.74) is 0. The number of halogens is 1. The molecule has 0 aliphatic carbocycles. The first-order valence-electron chi connectivity index (χ1n) is 9.79. The van der Waals surface area contributed by atoms with Crippen molar-refractivity contribution in [2.24, 2.45) is 12.0 Å². The number of ether oxygens (including phenoxy) is 3. The topological polar surface area (TPSA) is 86.0 Å². The Hall–Kier alpha value is -0.980.